The van der Waals surface area contributed by atoms with Crippen molar-refractivity contribution in [3.05, 3.63) is 35.4 Å². The molecule has 2 aliphatic rings. The van der Waals surface area contributed by atoms with E-state index in [1.165, 1.54) is 24.0 Å². The van der Waals surface area contributed by atoms with Crippen molar-refractivity contribution < 1.29 is 14.3 Å². The number of benzene rings is 1. The average molecular weight is 420 g/mol. The molecule has 0 unspecified atom stereocenters. The largest absolute Gasteiger partial charge is 0.461 e. The zero-order chi connectivity index (χ0) is 20.7. The maximum Gasteiger partial charge on any atom is 0.307 e. The highest BCUT2D eigenvalue weighted by molar-refractivity contribution is 7.99. The molecule has 4 nitrogen and oxygen atoms in total. The van der Waals surface area contributed by atoms with Crippen LogP contribution < -0.4 is 0 Å². The zero-order valence-electron chi connectivity index (χ0n) is 18.3. The standard InChI is InChI=1S/C24H37NO3S/c1-24(2,3)20-10-8-19(9-11-20)18-29-22-7-5-4-6-21(22)28-23(26)12-13-25-14-16-27-17-15-25/h8-11,21-22H,4-7,12-18H2,1-3H3/t21-,22+/m0/s1. The van der Waals surface area contributed by atoms with E-state index in [4.69, 9.17) is 9.47 Å². The summed E-state index contributed by atoms with van der Waals surface area (Å²) < 4.78 is 11.3. The van der Waals surface area contributed by atoms with Gasteiger partial charge in [-0.25, -0.2) is 0 Å². The third-order valence-corrected chi connectivity index (χ3v) is 7.41. The van der Waals surface area contributed by atoms with Crippen LogP contribution in [0.25, 0.3) is 0 Å². The first-order valence-electron chi connectivity index (χ1n) is 11.1. The summed E-state index contributed by atoms with van der Waals surface area (Å²) in [7, 11) is 0. The number of esters is 1. The van der Waals surface area contributed by atoms with Crippen molar-refractivity contribution in [2.75, 3.05) is 32.8 Å². The summed E-state index contributed by atoms with van der Waals surface area (Å²) in [5, 5.41) is 0.415. The van der Waals surface area contributed by atoms with Crippen molar-refractivity contribution in [3.63, 3.8) is 0 Å². The number of carbonyl (C=O) groups is 1. The van der Waals surface area contributed by atoms with Gasteiger partial charge in [0.15, 0.2) is 0 Å². The molecular weight excluding hydrogens is 382 g/mol. The molecule has 1 aromatic rings. The zero-order valence-corrected chi connectivity index (χ0v) is 19.1. The van der Waals surface area contributed by atoms with Gasteiger partial charge in [-0.05, 0) is 35.8 Å². The van der Waals surface area contributed by atoms with E-state index in [1.807, 2.05) is 11.8 Å². The number of hydrogen-bond donors (Lipinski definition) is 0. The number of ether oxygens (including phenoxy) is 2. The third kappa shape index (κ3) is 7.30. The van der Waals surface area contributed by atoms with Gasteiger partial charge >= 0.3 is 5.97 Å². The van der Waals surface area contributed by atoms with E-state index in [9.17, 15) is 4.79 Å². The SMILES string of the molecule is CC(C)(C)c1ccc(CS[C@@H]2CCCC[C@@H]2OC(=O)CCN2CCOCC2)cc1. The van der Waals surface area contributed by atoms with Gasteiger partial charge < -0.3 is 9.47 Å². The van der Waals surface area contributed by atoms with Gasteiger partial charge in [0.2, 0.25) is 0 Å². The average Bonchev–Trinajstić information content (AvgIpc) is 2.72. The van der Waals surface area contributed by atoms with Crippen molar-refractivity contribution in [3.8, 4) is 0 Å². The van der Waals surface area contributed by atoms with Crippen LogP contribution in [0.2, 0.25) is 0 Å². The minimum atomic E-state index is -0.0384. The van der Waals surface area contributed by atoms with E-state index >= 15 is 0 Å². The Balaban J connectivity index is 1.45. The van der Waals surface area contributed by atoms with Crippen LogP contribution in [0.3, 0.4) is 0 Å². The highest BCUT2D eigenvalue weighted by Gasteiger charge is 2.29. The normalized spacial score (nSPS) is 23.7. The number of rotatable bonds is 7. The van der Waals surface area contributed by atoms with Crippen molar-refractivity contribution in [1.29, 1.82) is 0 Å². The predicted octanol–water partition coefficient (Wildman–Crippen LogP) is 4.79. The summed E-state index contributed by atoms with van der Waals surface area (Å²) in [6.45, 7) is 10.9. The smallest absolute Gasteiger partial charge is 0.307 e. The number of thioether (sulfide) groups is 1. The van der Waals surface area contributed by atoms with Crippen LogP contribution >= 0.6 is 11.8 Å². The minimum Gasteiger partial charge on any atom is -0.461 e. The Kier molecular flexibility index (Phi) is 8.45. The quantitative estimate of drug-likeness (QED) is 0.594. The fraction of sp³-hybridized carbons (Fsp3) is 0.708. The van der Waals surface area contributed by atoms with Crippen molar-refractivity contribution >= 4 is 17.7 Å². The number of morpholine rings is 1. The second-order valence-electron chi connectivity index (χ2n) is 9.31. The molecule has 1 heterocycles. The molecule has 1 saturated carbocycles. The van der Waals surface area contributed by atoms with Crippen LogP contribution in [-0.2, 0) is 25.4 Å². The maximum atomic E-state index is 12.4. The van der Waals surface area contributed by atoms with E-state index in [1.54, 1.807) is 0 Å². The Morgan fingerprint density at radius 1 is 1.14 bits per heavy atom. The van der Waals surface area contributed by atoms with Crippen LogP contribution in [0.5, 0.6) is 0 Å². The summed E-state index contributed by atoms with van der Waals surface area (Å²) in [6, 6.07) is 9.00. The highest BCUT2D eigenvalue weighted by Crippen LogP contribution is 2.33. The minimum absolute atomic E-state index is 0.0384. The Morgan fingerprint density at radius 3 is 2.52 bits per heavy atom. The molecule has 162 valence electrons. The lowest BCUT2D eigenvalue weighted by Crippen LogP contribution is -2.38. The van der Waals surface area contributed by atoms with Gasteiger partial charge in [-0.3, -0.25) is 9.69 Å². The van der Waals surface area contributed by atoms with Gasteiger partial charge in [-0.15, -0.1) is 11.8 Å². The van der Waals surface area contributed by atoms with Crippen molar-refractivity contribution in [1.82, 2.24) is 4.90 Å². The van der Waals surface area contributed by atoms with E-state index in [2.05, 4.69) is 49.9 Å². The lowest BCUT2D eigenvalue weighted by Gasteiger charge is -2.31. The van der Waals surface area contributed by atoms with Gasteiger partial charge in [0, 0.05) is 30.6 Å². The Labute approximate surface area is 180 Å². The molecule has 5 heteroatoms. The van der Waals surface area contributed by atoms with Crippen molar-refractivity contribution in [2.45, 2.75) is 75.4 Å². The predicted molar refractivity (Wildman–Crippen MR) is 120 cm³/mol. The molecule has 0 amide bonds. The summed E-state index contributed by atoms with van der Waals surface area (Å²) in [5.74, 6) is 0.945. The third-order valence-electron chi connectivity index (χ3n) is 5.94. The molecule has 0 aromatic heterocycles. The summed E-state index contributed by atoms with van der Waals surface area (Å²) >= 11 is 1.96. The summed E-state index contributed by atoms with van der Waals surface area (Å²) in [4.78, 5) is 14.7. The molecule has 0 radical (unpaired) electrons. The molecule has 1 saturated heterocycles. The topological polar surface area (TPSA) is 38.8 Å². The molecule has 0 bridgehead atoms. The lowest BCUT2D eigenvalue weighted by atomic mass is 9.87. The van der Waals surface area contributed by atoms with E-state index in [-0.39, 0.29) is 17.5 Å². The first kappa shape index (κ1) is 22.6. The van der Waals surface area contributed by atoms with E-state index in [0.717, 1.165) is 51.4 Å². The highest BCUT2D eigenvalue weighted by atomic mass is 32.2. The first-order chi connectivity index (χ1) is 13.9. The molecule has 3 rings (SSSR count). The molecule has 29 heavy (non-hydrogen) atoms. The molecule has 1 aliphatic heterocycles. The first-order valence-corrected chi connectivity index (χ1v) is 12.2. The van der Waals surface area contributed by atoms with E-state index < -0.39 is 0 Å². The number of nitrogens with zero attached hydrogens (tertiary/aromatic N) is 1. The molecular formula is C24H37NO3S. The monoisotopic (exact) mass is 419 g/mol. The van der Waals surface area contributed by atoms with Gasteiger partial charge in [-0.1, -0.05) is 51.5 Å². The second-order valence-corrected chi connectivity index (χ2v) is 10.5. The van der Waals surface area contributed by atoms with Gasteiger partial charge in [0.1, 0.15) is 6.10 Å². The van der Waals surface area contributed by atoms with Crippen LogP contribution in [0.15, 0.2) is 24.3 Å². The van der Waals surface area contributed by atoms with Gasteiger partial charge in [0.05, 0.1) is 19.6 Å². The Hall–Kier alpha value is -1.04. The maximum absolute atomic E-state index is 12.4. The van der Waals surface area contributed by atoms with E-state index in [0.29, 0.717) is 11.7 Å². The molecule has 1 aromatic carbocycles. The van der Waals surface area contributed by atoms with Crippen molar-refractivity contribution in [2.24, 2.45) is 0 Å². The fourth-order valence-electron chi connectivity index (χ4n) is 3.99. The van der Waals surface area contributed by atoms with Crippen LogP contribution in [0.4, 0.5) is 0 Å². The molecule has 2 atom stereocenters. The fourth-order valence-corrected chi connectivity index (χ4v) is 5.33. The molecule has 0 spiro atoms. The van der Waals surface area contributed by atoms with Crippen LogP contribution in [0.1, 0.15) is 64.0 Å². The summed E-state index contributed by atoms with van der Waals surface area (Å²) in [5.41, 5.74) is 2.91. The Bertz CT molecular complexity index is 635. The van der Waals surface area contributed by atoms with Crippen LogP contribution in [0, 0.1) is 0 Å². The molecule has 1 aliphatic carbocycles. The summed E-state index contributed by atoms with van der Waals surface area (Å²) in [6.07, 6.45) is 5.11. The van der Waals surface area contributed by atoms with Crippen LogP contribution in [-0.4, -0.2) is 55.1 Å². The second kappa shape index (κ2) is 10.8. The number of hydrogen-bond acceptors (Lipinski definition) is 5. The lowest BCUT2D eigenvalue weighted by molar-refractivity contribution is -0.150. The van der Waals surface area contributed by atoms with Gasteiger partial charge in [-0.2, -0.15) is 0 Å². The Morgan fingerprint density at radius 2 is 1.83 bits per heavy atom. The van der Waals surface area contributed by atoms with Gasteiger partial charge in [0.25, 0.3) is 0 Å². The molecule has 2 fully saturated rings. The molecule has 0 N–H and O–H groups in total. The number of carbonyl (C=O) groups excluding carboxylic acids is 1.